The van der Waals surface area contributed by atoms with Gasteiger partial charge in [0.15, 0.2) is 0 Å². The second-order valence-electron chi connectivity index (χ2n) is 6.59. The van der Waals surface area contributed by atoms with Crippen molar-refractivity contribution < 1.29 is 0 Å². The molecule has 21 heavy (non-hydrogen) atoms. The minimum Gasteiger partial charge on any atom is -0.373 e. The average Bonchev–Trinajstić information content (AvgIpc) is 2.94. The van der Waals surface area contributed by atoms with E-state index in [1.54, 1.807) is 6.33 Å². The minimum atomic E-state index is 0.405. The number of hydrogen-bond acceptors (Lipinski definition) is 5. The Hall–Kier alpha value is -1.36. The van der Waals surface area contributed by atoms with Gasteiger partial charge in [-0.05, 0) is 38.1 Å². The van der Waals surface area contributed by atoms with Crippen LogP contribution in [-0.2, 0) is 0 Å². The largest absolute Gasteiger partial charge is 0.373 e. The molecule has 0 amide bonds. The molecule has 2 fully saturated rings. The lowest BCUT2D eigenvalue weighted by atomic mass is 9.96. The Balaban J connectivity index is 1.75. The molecule has 2 atom stereocenters. The van der Waals surface area contributed by atoms with Crippen LogP contribution in [0.4, 0.5) is 11.6 Å². The molecule has 2 unspecified atom stereocenters. The maximum atomic E-state index is 4.51. The fourth-order valence-corrected chi connectivity index (χ4v) is 3.81. The average molecular weight is 289 g/mol. The molecule has 5 heteroatoms. The zero-order valence-corrected chi connectivity index (χ0v) is 13.4. The van der Waals surface area contributed by atoms with Crippen LogP contribution in [0, 0.1) is 0 Å². The van der Waals surface area contributed by atoms with Crippen LogP contribution in [0.15, 0.2) is 6.33 Å². The van der Waals surface area contributed by atoms with Crippen LogP contribution in [0.3, 0.4) is 0 Å². The number of nitrogens with zero attached hydrogens (tertiary/aromatic N) is 3. The first-order chi connectivity index (χ1) is 10.2. The SMILES string of the molecule is CNc1ncnc(NC2CCN3CCCC3C2)c1C(C)C. The number of hydrogen-bond donors (Lipinski definition) is 2. The number of anilines is 2. The molecule has 0 spiro atoms. The summed E-state index contributed by atoms with van der Waals surface area (Å²) >= 11 is 0. The highest BCUT2D eigenvalue weighted by atomic mass is 15.2. The molecule has 5 nitrogen and oxygen atoms in total. The van der Waals surface area contributed by atoms with E-state index in [9.17, 15) is 0 Å². The van der Waals surface area contributed by atoms with Crippen molar-refractivity contribution in [2.24, 2.45) is 0 Å². The molecule has 3 rings (SSSR count). The quantitative estimate of drug-likeness (QED) is 0.892. The van der Waals surface area contributed by atoms with Gasteiger partial charge in [0.05, 0.1) is 0 Å². The summed E-state index contributed by atoms with van der Waals surface area (Å²) in [4.78, 5) is 11.5. The first-order valence-corrected chi connectivity index (χ1v) is 8.22. The summed E-state index contributed by atoms with van der Waals surface area (Å²) in [6.45, 7) is 6.92. The van der Waals surface area contributed by atoms with E-state index in [1.165, 1.54) is 44.3 Å². The lowest BCUT2D eigenvalue weighted by molar-refractivity contribution is 0.188. The van der Waals surface area contributed by atoms with Crippen LogP contribution in [0.5, 0.6) is 0 Å². The van der Waals surface area contributed by atoms with Crippen molar-refractivity contribution in [1.29, 1.82) is 0 Å². The Kier molecular flexibility index (Phi) is 4.29. The zero-order chi connectivity index (χ0) is 14.8. The lowest BCUT2D eigenvalue weighted by Crippen LogP contribution is -2.43. The van der Waals surface area contributed by atoms with Gasteiger partial charge in [-0.3, -0.25) is 0 Å². The maximum Gasteiger partial charge on any atom is 0.135 e. The molecule has 0 aliphatic carbocycles. The van der Waals surface area contributed by atoms with Gasteiger partial charge in [-0.15, -0.1) is 0 Å². The van der Waals surface area contributed by atoms with Crippen LogP contribution in [0.1, 0.15) is 51.0 Å². The predicted octanol–water partition coefficient (Wildman–Crippen LogP) is 2.68. The Morgan fingerprint density at radius 1 is 1.19 bits per heavy atom. The van der Waals surface area contributed by atoms with Crippen molar-refractivity contribution >= 4 is 11.6 Å². The molecule has 0 bridgehead atoms. The molecule has 2 aliphatic heterocycles. The van der Waals surface area contributed by atoms with Gasteiger partial charge in [0, 0.05) is 31.2 Å². The minimum absolute atomic E-state index is 0.405. The molecule has 2 aliphatic rings. The molecule has 1 aromatic heterocycles. The molecule has 0 aromatic carbocycles. The van der Waals surface area contributed by atoms with Crippen molar-refractivity contribution in [1.82, 2.24) is 14.9 Å². The number of aromatic nitrogens is 2. The van der Waals surface area contributed by atoms with Crippen molar-refractivity contribution in [2.75, 3.05) is 30.8 Å². The first-order valence-electron chi connectivity index (χ1n) is 8.22. The fourth-order valence-electron chi connectivity index (χ4n) is 3.81. The van der Waals surface area contributed by atoms with E-state index in [1.807, 2.05) is 7.05 Å². The van der Waals surface area contributed by atoms with Gasteiger partial charge in [-0.25, -0.2) is 9.97 Å². The van der Waals surface area contributed by atoms with Crippen LogP contribution in [-0.4, -0.2) is 47.1 Å². The Bertz CT molecular complexity index is 488. The molecule has 2 N–H and O–H groups in total. The second-order valence-corrected chi connectivity index (χ2v) is 6.59. The first kappa shape index (κ1) is 14.6. The molecule has 0 radical (unpaired) electrons. The summed E-state index contributed by atoms with van der Waals surface area (Å²) < 4.78 is 0. The number of rotatable bonds is 4. The van der Waals surface area contributed by atoms with Crippen molar-refractivity contribution in [3.8, 4) is 0 Å². The van der Waals surface area contributed by atoms with Crippen molar-refractivity contribution in [3.63, 3.8) is 0 Å². The topological polar surface area (TPSA) is 53.1 Å². The molecular formula is C16H27N5. The molecule has 3 heterocycles. The summed E-state index contributed by atoms with van der Waals surface area (Å²) in [6, 6.07) is 1.32. The lowest BCUT2D eigenvalue weighted by Gasteiger charge is -2.35. The Morgan fingerprint density at radius 2 is 2.00 bits per heavy atom. The molecule has 2 saturated heterocycles. The van der Waals surface area contributed by atoms with Crippen LogP contribution in [0.2, 0.25) is 0 Å². The van der Waals surface area contributed by atoms with E-state index < -0.39 is 0 Å². The Labute approximate surface area is 127 Å². The summed E-state index contributed by atoms with van der Waals surface area (Å²) in [5, 5.41) is 6.89. The normalized spacial score (nSPS) is 25.9. The highest BCUT2D eigenvalue weighted by molar-refractivity contribution is 5.59. The fraction of sp³-hybridized carbons (Fsp3) is 0.750. The summed E-state index contributed by atoms with van der Waals surface area (Å²) in [6.07, 6.45) is 6.85. The highest BCUT2D eigenvalue weighted by Gasteiger charge is 2.32. The van der Waals surface area contributed by atoms with Gasteiger partial charge in [0.1, 0.15) is 18.0 Å². The number of nitrogens with one attached hydrogen (secondary N) is 2. The highest BCUT2D eigenvalue weighted by Crippen LogP contribution is 2.32. The van der Waals surface area contributed by atoms with Gasteiger partial charge in [-0.2, -0.15) is 0 Å². The predicted molar refractivity (Wildman–Crippen MR) is 86.9 cm³/mol. The van der Waals surface area contributed by atoms with Crippen LogP contribution < -0.4 is 10.6 Å². The molecule has 116 valence electrons. The molecule has 0 saturated carbocycles. The third-order valence-electron chi connectivity index (χ3n) is 4.86. The second kappa shape index (κ2) is 6.18. The monoisotopic (exact) mass is 289 g/mol. The van der Waals surface area contributed by atoms with E-state index >= 15 is 0 Å². The van der Waals surface area contributed by atoms with E-state index in [0.29, 0.717) is 12.0 Å². The van der Waals surface area contributed by atoms with Gasteiger partial charge >= 0.3 is 0 Å². The third-order valence-corrected chi connectivity index (χ3v) is 4.86. The Morgan fingerprint density at radius 3 is 2.76 bits per heavy atom. The van der Waals surface area contributed by atoms with E-state index in [2.05, 4.69) is 39.3 Å². The van der Waals surface area contributed by atoms with E-state index in [0.717, 1.165) is 17.7 Å². The molecular weight excluding hydrogens is 262 g/mol. The smallest absolute Gasteiger partial charge is 0.135 e. The third kappa shape index (κ3) is 2.98. The zero-order valence-electron chi connectivity index (χ0n) is 13.4. The van der Waals surface area contributed by atoms with Crippen LogP contribution >= 0.6 is 0 Å². The van der Waals surface area contributed by atoms with Gasteiger partial charge < -0.3 is 15.5 Å². The summed E-state index contributed by atoms with van der Waals surface area (Å²) in [7, 11) is 1.93. The van der Waals surface area contributed by atoms with Crippen molar-refractivity contribution in [2.45, 2.75) is 57.5 Å². The standard InChI is InChI=1S/C16H27N5/c1-11(2)14-15(17-3)18-10-19-16(14)20-12-6-8-21-7-4-5-13(21)9-12/h10-13H,4-9H2,1-3H3,(H2,17,18,19,20). The van der Waals surface area contributed by atoms with Gasteiger partial charge in [0.2, 0.25) is 0 Å². The van der Waals surface area contributed by atoms with Gasteiger partial charge in [0.25, 0.3) is 0 Å². The summed E-state index contributed by atoms with van der Waals surface area (Å²) in [5.41, 5.74) is 1.20. The number of fused-ring (bicyclic) bond motifs is 1. The number of piperidine rings is 1. The van der Waals surface area contributed by atoms with Crippen molar-refractivity contribution in [3.05, 3.63) is 11.9 Å². The van der Waals surface area contributed by atoms with Crippen LogP contribution in [0.25, 0.3) is 0 Å². The maximum absolute atomic E-state index is 4.51. The molecule has 1 aromatic rings. The van der Waals surface area contributed by atoms with E-state index in [-0.39, 0.29) is 0 Å². The van der Waals surface area contributed by atoms with Gasteiger partial charge in [-0.1, -0.05) is 13.8 Å². The summed E-state index contributed by atoms with van der Waals surface area (Å²) in [5.74, 6) is 2.37. The van der Waals surface area contributed by atoms with E-state index in [4.69, 9.17) is 0 Å².